The first-order valence-electron chi connectivity index (χ1n) is 7.11. The van der Waals surface area contributed by atoms with Crippen LogP contribution < -0.4 is 11.1 Å². The van der Waals surface area contributed by atoms with Crippen molar-refractivity contribution in [1.82, 2.24) is 5.32 Å². The lowest BCUT2D eigenvalue weighted by atomic mass is 9.98. The molecule has 0 radical (unpaired) electrons. The molecule has 2 unspecified atom stereocenters. The van der Waals surface area contributed by atoms with Gasteiger partial charge >= 0.3 is 0 Å². The molecule has 0 saturated carbocycles. The van der Waals surface area contributed by atoms with E-state index in [0.717, 1.165) is 18.4 Å². The Hall–Kier alpha value is -2.08. The molecule has 1 aliphatic heterocycles. The maximum absolute atomic E-state index is 12.1. The summed E-state index contributed by atoms with van der Waals surface area (Å²) in [7, 11) is 0. The van der Waals surface area contributed by atoms with E-state index < -0.39 is 0 Å². The number of nitrogens with two attached hydrogens (primary N) is 1. The lowest BCUT2D eigenvalue weighted by Crippen LogP contribution is -2.34. The van der Waals surface area contributed by atoms with Gasteiger partial charge in [0.05, 0.1) is 12.0 Å². The molecule has 6 heteroatoms. The summed E-state index contributed by atoms with van der Waals surface area (Å²) < 4.78 is 5.53. The molecule has 0 bridgehead atoms. The van der Waals surface area contributed by atoms with Gasteiger partial charge in [0.15, 0.2) is 5.84 Å². The van der Waals surface area contributed by atoms with Crippen LogP contribution >= 0.6 is 0 Å². The van der Waals surface area contributed by atoms with E-state index in [2.05, 4.69) is 10.5 Å². The van der Waals surface area contributed by atoms with Crippen LogP contribution in [0.4, 0.5) is 0 Å². The summed E-state index contributed by atoms with van der Waals surface area (Å²) in [5, 5.41) is 14.5. The minimum atomic E-state index is -0.0496. The van der Waals surface area contributed by atoms with E-state index in [4.69, 9.17) is 15.7 Å². The maximum atomic E-state index is 12.1. The Morgan fingerprint density at radius 2 is 2.19 bits per heavy atom. The first kappa shape index (κ1) is 15.3. The second-order valence-electron chi connectivity index (χ2n) is 5.11. The fourth-order valence-electron chi connectivity index (χ4n) is 2.52. The zero-order valence-electron chi connectivity index (χ0n) is 12.1. The van der Waals surface area contributed by atoms with Crippen LogP contribution in [0, 0.1) is 5.92 Å². The Morgan fingerprint density at radius 3 is 2.81 bits per heavy atom. The summed E-state index contributed by atoms with van der Waals surface area (Å²) in [5.41, 5.74) is 7.10. The summed E-state index contributed by atoms with van der Waals surface area (Å²) in [6.07, 6.45) is 1.67. The largest absolute Gasteiger partial charge is 0.409 e. The normalized spacial score (nSPS) is 22.2. The topological polar surface area (TPSA) is 96.9 Å². The molecule has 1 aromatic rings. The molecular formula is C15H21N3O3. The van der Waals surface area contributed by atoms with Crippen LogP contribution in [0.1, 0.15) is 30.9 Å². The van der Waals surface area contributed by atoms with Gasteiger partial charge in [0, 0.05) is 18.7 Å². The van der Waals surface area contributed by atoms with Crippen molar-refractivity contribution in [2.75, 3.05) is 6.61 Å². The first-order valence-corrected chi connectivity index (χ1v) is 7.11. The molecule has 2 atom stereocenters. The number of hydrogen-bond acceptors (Lipinski definition) is 4. The van der Waals surface area contributed by atoms with Crippen molar-refractivity contribution in [2.45, 2.75) is 32.4 Å². The van der Waals surface area contributed by atoms with E-state index >= 15 is 0 Å². The smallest absolute Gasteiger partial charge is 0.226 e. The van der Waals surface area contributed by atoms with E-state index in [1.54, 1.807) is 12.1 Å². The van der Waals surface area contributed by atoms with Crippen LogP contribution in [-0.4, -0.2) is 29.7 Å². The number of benzene rings is 1. The van der Waals surface area contributed by atoms with Crippen LogP contribution in [0.25, 0.3) is 0 Å². The van der Waals surface area contributed by atoms with Crippen molar-refractivity contribution in [1.29, 1.82) is 0 Å². The average Bonchev–Trinajstić information content (AvgIpc) is 3.01. The van der Waals surface area contributed by atoms with Crippen LogP contribution in [0.5, 0.6) is 0 Å². The third-order valence-electron chi connectivity index (χ3n) is 3.77. The number of hydrogen-bond donors (Lipinski definition) is 3. The molecule has 0 spiro atoms. The van der Waals surface area contributed by atoms with E-state index in [1.165, 1.54) is 0 Å². The molecule has 0 aliphatic carbocycles. The third-order valence-corrected chi connectivity index (χ3v) is 3.77. The Morgan fingerprint density at radius 1 is 1.48 bits per heavy atom. The number of carbonyl (C=O) groups is 1. The van der Waals surface area contributed by atoms with Crippen molar-refractivity contribution in [2.24, 2.45) is 16.8 Å². The fourth-order valence-corrected chi connectivity index (χ4v) is 2.52. The van der Waals surface area contributed by atoms with Crippen molar-refractivity contribution >= 4 is 11.7 Å². The quantitative estimate of drug-likeness (QED) is 0.329. The monoisotopic (exact) mass is 291 g/mol. The van der Waals surface area contributed by atoms with Crippen molar-refractivity contribution < 1.29 is 14.7 Å². The van der Waals surface area contributed by atoms with Crippen LogP contribution in [-0.2, 0) is 16.1 Å². The van der Waals surface area contributed by atoms with E-state index in [1.807, 2.05) is 19.1 Å². The Bertz CT molecular complexity index is 513. The van der Waals surface area contributed by atoms with Gasteiger partial charge in [-0.05, 0) is 18.4 Å². The van der Waals surface area contributed by atoms with E-state index in [9.17, 15) is 4.79 Å². The maximum Gasteiger partial charge on any atom is 0.226 e. The highest BCUT2D eigenvalue weighted by Gasteiger charge is 2.32. The predicted octanol–water partition coefficient (Wildman–Crippen LogP) is 1.21. The molecule has 1 aliphatic rings. The highest BCUT2D eigenvalue weighted by Crippen LogP contribution is 2.23. The summed E-state index contributed by atoms with van der Waals surface area (Å²) in [6.45, 7) is 3.15. The minimum Gasteiger partial charge on any atom is -0.409 e. The molecule has 114 valence electrons. The number of nitrogens with zero attached hydrogens (tertiary/aromatic N) is 1. The molecule has 1 fully saturated rings. The Balaban J connectivity index is 1.89. The minimum absolute atomic E-state index is 0.0351. The van der Waals surface area contributed by atoms with Gasteiger partial charge in [-0.2, -0.15) is 0 Å². The highest BCUT2D eigenvalue weighted by molar-refractivity contribution is 5.96. The first-order chi connectivity index (χ1) is 10.2. The fraction of sp³-hybridized carbons (Fsp3) is 0.467. The summed E-state index contributed by atoms with van der Waals surface area (Å²) >= 11 is 0. The van der Waals surface area contributed by atoms with Crippen LogP contribution in [0.2, 0.25) is 0 Å². The summed E-state index contributed by atoms with van der Waals surface area (Å²) in [4.78, 5) is 12.1. The van der Waals surface area contributed by atoms with E-state index in [0.29, 0.717) is 18.7 Å². The molecule has 1 amide bonds. The number of carbonyl (C=O) groups excluding carboxylic acids is 1. The average molecular weight is 291 g/mol. The lowest BCUT2D eigenvalue weighted by Gasteiger charge is -2.16. The van der Waals surface area contributed by atoms with Crippen LogP contribution in [0.3, 0.4) is 0 Å². The number of amides is 1. The SMILES string of the molecule is CCC1OCCC1C(=O)NCc1ccc(/C(N)=N/O)cc1. The highest BCUT2D eigenvalue weighted by atomic mass is 16.5. The van der Waals surface area contributed by atoms with Gasteiger partial charge in [-0.3, -0.25) is 4.79 Å². The van der Waals surface area contributed by atoms with Gasteiger partial charge in [-0.1, -0.05) is 36.3 Å². The molecule has 21 heavy (non-hydrogen) atoms. The second-order valence-corrected chi connectivity index (χ2v) is 5.11. The molecule has 1 aromatic carbocycles. The van der Waals surface area contributed by atoms with E-state index in [-0.39, 0.29) is 23.8 Å². The number of nitrogens with one attached hydrogen (secondary N) is 1. The summed E-state index contributed by atoms with van der Waals surface area (Å²) in [5.74, 6) is 0.0609. The third kappa shape index (κ3) is 3.72. The Labute approximate surface area is 124 Å². The molecule has 0 aromatic heterocycles. The van der Waals surface area contributed by atoms with Gasteiger partial charge in [0.25, 0.3) is 0 Å². The number of ether oxygens (including phenoxy) is 1. The molecule has 2 rings (SSSR count). The van der Waals surface area contributed by atoms with Crippen molar-refractivity contribution in [3.8, 4) is 0 Å². The van der Waals surface area contributed by atoms with Crippen molar-refractivity contribution in [3.63, 3.8) is 0 Å². The molecule has 6 nitrogen and oxygen atoms in total. The predicted molar refractivity (Wildman–Crippen MR) is 78.9 cm³/mol. The van der Waals surface area contributed by atoms with Gasteiger partial charge in [-0.25, -0.2) is 0 Å². The number of rotatable bonds is 5. The Kier molecular flexibility index (Phi) is 5.16. The zero-order chi connectivity index (χ0) is 15.2. The number of amidine groups is 1. The van der Waals surface area contributed by atoms with Gasteiger partial charge < -0.3 is 21.0 Å². The standard InChI is InChI=1S/C15H21N3O3/c1-2-13-12(7-8-21-13)15(19)17-9-10-3-5-11(6-4-10)14(16)18-20/h3-6,12-13,20H,2,7-9H2,1H3,(H2,16,18)(H,17,19). The molecule has 4 N–H and O–H groups in total. The second kappa shape index (κ2) is 7.08. The van der Waals surface area contributed by atoms with Gasteiger partial charge in [0.2, 0.25) is 5.91 Å². The zero-order valence-corrected chi connectivity index (χ0v) is 12.1. The molecule has 1 saturated heterocycles. The summed E-state index contributed by atoms with van der Waals surface area (Å²) in [6, 6.07) is 7.19. The molecular weight excluding hydrogens is 270 g/mol. The van der Waals surface area contributed by atoms with Gasteiger partial charge in [-0.15, -0.1) is 0 Å². The van der Waals surface area contributed by atoms with Crippen LogP contribution in [0.15, 0.2) is 29.4 Å². The molecule has 1 heterocycles. The van der Waals surface area contributed by atoms with Crippen molar-refractivity contribution in [3.05, 3.63) is 35.4 Å². The lowest BCUT2D eigenvalue weighted by molar-refractivity contribution is -0.126. The number of oxime groups is 1. The van der Waals surface area contributed by atoms with Gasteiger partial charge in [0.1, 0.15) is 0 Å².